The average Bonchev–Trinajstić information content (AvgIpc) is 2.47. The predicted molar refractivity (Wildman–Crippen MR) is 95.2 cm³/mol. The summed E-state index contributed by atoms with van der Waals surface area (Å²) in [5.74, 6) is 0.482. The van der Waals surface area contributed by atoms with Crippen LogP contribution in [-0.4, -0.2) is 20.2 Å². The molecule has 2 rings (SSSR count). The molecule has 23 heavy (non-hydrogen) atoms. The Bertz CT molecular complexity index is 774. The minimum atomic E-state index is 0.000492. The molecular formula is C19H24N2O2. The number of hydrogen-bond donors (Lipinski definition) is 2. The predicted octanol–water partition coefficient (Wildman–Crippen LogP) is 5.05. The van der Waals surface area contributed by atoms with Gasteiger partial charge in [-0.2, -0.15) is 0 Å². The highest BCUT2D eigenvalue weighted by molar-refractivity contribution is 5.79. The summed E-state index contributed by atoms with van der Waals surface area (Å²) in [6, 6.07) is 5.85. The maximum Gasteiger partial charge on any atom is 0.0970 e. The molecule has 0 bridgehead atoms. The standard InChI is InChI=1S/C19H24N2O2/c1-11(2)18(22)9-16-17(10-19(23)12(3)4)21-15-8-13(5)6-7-14(15)20-16/h6-12,22-23H,1-5H3. The second-order valence-electron chi connectivity index (χ2n) is 6.43. The number of rotatable bonds is 4. The van der Waals surface area contributed by atoms with Gasteiger partial charge in [-0.05, 0) is 24.6 Å². The summed E-state index contributed by atoms with van der Waals surface area (Å²) in [5.41, 5.74) is 3.75. The highest BCUT2D eigenvalue weighted by Gasteiger charge is 2.10. The molecule has 0 spiro atoms. The molecule has 0 amide bonds. The first-order valence-corrected chi connectivity index (χ1v) is 7.87. The normalized spacial score (nSPS) is 13.3. The van der Waals surface area contributed by atoms with Gasteiger partial charge in [0.25, 0.3) is 0 Å². The number of aliphatic hydroxyl groups excluding tert-OH is 2. The SMILES string of the molecule is Cc1ccc2nc(C=C(O)C(C)C)c(C=C(O)C(C)C)nc2c1. The third-order valence-electron chi connectivity index (χ3n) is 3.63. The Morgan fingerprint density at radius 1 is 0.870 bits per heavy atom. The molecule has 0 saturated heterocycles. The van der Waals surface area contributed by atoms with Gasteiger partial charge >= 0.3 is 0 Å². The maximum atomic E-state index is 10.1. The molecule has 4 nitrogen and oxygen atoms in total. The van der Waals surface area contributed by atoms with E-state index in [2.05, 4.69) is 9.97 Å². The van der Waals surface area contributed by atoms with Gasteiger partial charge in [-0.1, -0.05) is 33.8 Å². The van der Waals surface area contributed by atoms with E-state index in [-0.39, 0.29) is 23.4 Å². The van der Waals surface area contributed by atoms with Gasteiger partial charge in [0.2, 0.25) is 0 Å². The molecule has 0 aliphatic carbocycles. The molecule has 122 valence electrons. The van der Waals surface area contributed by atoms with Crippen LogP contribution in [0.2, 0.25) is 0 Å². The molecule has 0 fully saturated rings. The van der Waals surface area contributed by atoms with Crippen LogP contribution < -0.4 is 0 Å². The minimum absolute atomic E-state index is 0.000492. The van der Waals surface area contributed by atoms with Gasteiger partial charge < -0.3 is 10.2 Å². The van der Waals surface area contributed by atoms with Crippen molar-refractivity contribution in [3.63, 3.8) is 0 Å². The summed E-state index contributed by atoms with van der Waals surface area (Å²) < 4.78 is 0. The Hall–Kier alpha value is -2.36. The van der Waals surface area contributed by atoms with E-state index in [0.29, 0.717) is 11.4 Å². The van der Waals surface area contributed by atoms with Crippen molar-refractivity contribution in [3.8, 4) is 0 Å². The van der Waals surface area contributed by atoms with E-state index in [0.717, 1.165) is 16.6 Å². The fourth-order valence-corrected chi connectivity index (χ4v) is 2.02. The molecule has 2 N–H and O–H groups in total. The smallest absolute Gasteiger partial charge is 0.0970 e. The summed E-state index contributed by atoms with van der Waals surface area (Å²) in [6.07, 6.45) is 3.25. The molecule has 0 aliphatic heterocycles. The lowest BCUT2D eigenvalue weighted by atomic mass is 10.1. The van der Waals surface area contributed by atoms with Crippen LogP contribution in [0.15, 0.2) is 29.7 Å². The van der Waals surface area contributed by atoms with Crippen LogP contribution >= 0.6 is 0 Å². The third kappa shape index (κ3) is 4.09. The number of aromatic nitrogens is 2. The van der Waals surface area contributed by atoms with Gasteiger partial charge in [0.15, 0.2) is 0 Å². The first kappa shape index (κ1) is 17.0. The lowest BCUT2D eigenvalue weighted by Gasteiger charge is -2.09. The first-order chi connectivity index (χ1) is 10.8. The Kier molecular flexibility index (Phi) is 5.04. The van der Waals surface area contributed by atoms with E-state index in [1.54, 1.807) is 12.2 Å². The molecule has 4 heteroatoms. The monoisotopic (exact) mass is 312 g/mol. The van der Waals surface area contributed by atoms with Crippen molar-refractivity contribution < 1.29 is 10.2 Å². The van der Waals surface area contributed by atoms with Gasteiger partial charge in [0.05, 0.1) is 33.9 Å². The lowest BCUT2D eigenvalue weighted by molar-refractivity contribution is 0.356. The van der Waals surface area contributed by atoms with Crippen molar-refractivity contribution >= 4 is 23.2 Å². The van der Waals surface area contributed by atoms with Crippen LogP contribution in [0.4, 0.5) is 0 Å². The van der Waals surface area contributed by atoms with E-state index in [1.165, 1.54) is 0 Å². The molecule has 1 aromatic carbocycles. The first-order valence-electron chi connectivity index (χ1n) is 7.87. The molecule has 0 unspecified atom stereocenters. The maximum absolute atomic E-state index is 10.1. The van der Waals surface area contributed by atoms with Crippen molar-refractivity contribution in [1.82, 2.24) is 9.97 Å². The fourth-order valence-electron chi connectivity index (χ4n) is 2.02. The van der Waals surface area contributed by atoms with Gasteiger partial charge in [0, 0.05) is 24.0 Å². The number of hydrogen-bond acceptors (Lipinski definition) is 4. The molecule has 0 saturated carbocycles. The fraction of sp³-hybridized carbons (Fsp3) is 0.368. The zero-order chi connectivity index (χ0) is 17.1. The highest BCUT2D eigenvalue weighted by Crippen LogP contribution is 2.21. The summed E-state index contributed by atoms with van der Waals surface area (Å²) in [5, 5.41) is 20.2. The number of allylic oxidation sites excluding steroid dienone is 2. The zero-order valence-corrected chi connectivity index (χ0v) is 14.3. The molecule has 1 heterocycles. The van der Waals surface area contributed by atoms with Crippen LogP contribution in [0, 0.1) is 18.8 Å². The summed E-state index contributed by atoms with van der Waals surface area (Å²) >= 11 is 0. The van der Waals surface area contributed by atoms with Crippen LogP contribution in [0.5, 0.6) is 0 Å². The van der Waals surface area contributed by atoms with Gasteiger partial charge in [-0.25, -0.2) is 9.97 Å². The second-order valence-corrected chi connectivity index (χ2v) is 6.43. The number of aliphatic hydroxyl groups is 2. The van der Waals surface area contributed by atoms with Gasteiger partial charge in [-0.15, -0.1) is 0 Å². The molecule has 0 aliphatic rings. The Morgan fingerprint density at radius 2 is 1.35 bits per heavy atom. The minimum Gasteiger partial charge on any atom is -0.512 e. The van der Waals surface area contributed by atoms with Crippen LogP contribution in [0.3, 0.4) is 0 Å². The Balaban J connectivity index is 2.68. The van der Waals surface area contributed by atoms with Crippen LogP contribution in [-0.2, 0) is 0 Å². The van der Waals surface area contributed by atoms with Crippen molar-refractivity contribution in [2.24, 2.45) is 11.8 Å². The van der Waals surface area contributed by atoms with Crippen molar-refractivity contribution in [1.29, 1.82) is 0 Å². The highest BCUT2D eigenvalue weighted by atomic mass is 16.3. The van der Waals surface area contributed by atoms with Gasteiger partial charge in [-0.3, -0.25) is 0 Å². The van der Waals surface area contributed by atoms with E-state index >= 15 is 0 Å². The summed E-state index contributed by atoms with van der Waals surface area (Å²) in [7, 11) is 0. The molecule has 0 radical (unpaired) electrons. The van der Waals surface area contributed by atoms with Gasteiger partial charge in [0.1, 0.15) is 0 Å². The van der Waals surface area contributed by atoms with E-state index in [9.17, 15) is 10.2 Å². The van der Waals surface area contributed by atoms with E-state index < -0.39 is 0 Å². The third-order valence-corrected chi connectivity index (χ3v) is 3.63. The summed E-state index contributed by atoms with van der Waals surface area (Å²) in [4.78, 5) is 9.21. The molecular weight excluding hydrogens is 288 g/mol. The summed E-state index contributed by atoms with van der Waals surface area (Å²) in [6.45, 7) is 9.63. The van der Waals surface area contributed by atoms with Crippen LogP contribution in [0.25, 0.3) is 23.2 Å². The average molecular weight is 312 g/mol. The van der Waals surface area contributed by atoms with Crippen molar-refractivity contribution in [2.75, 3.05) is 0 Å². The van der Waals surface area contributed by atoms with Crippen LogP contribution in [0.1, 0.15) is 44.6 Å². The topological polar surface area (TPSA) is 66.2 Å². The van der Waals surface area contributed by atoms with E-state index in [1.807, 2.05) is 52.8 Å². The molecule has 2 aromatic rings. The Labute approximate surface area is 137 Å². The van der Waals surface area contributed by atoms with E-state index in [4.69, 9.17) is 0 Å². The zero-order valence-electron chi connectivity index (χ0n) is 14.3. The largest absolute Gasteiger partial charge is 0.512 e. The number of fused-ring (bicyclic) bond motifs is 1. The number of aryl methyl sites for hydroxylation is 1. The van der Waals surface area contributed by atoms with Crippen molar-refractivity contribution in [2.45, 2.75) is 34.6 Å². The van der Waals surface area contributed by atoms with Crippen molar-refractivity contribution in [3.05, 3.63) is 46.7 Å². The number of benzene rings is 1. The second kappa shape index (κ2) is 6.82. The molecule has 0 atom stereocenters. The Morgan fingerprint density at radius 3 is 1.83 bits per heavy atom. The number of nitrogens with zero attached hydrogens (tertiary/aromatic N) is 2. The quantitative estimate of drug-likeness (QED) is 0.775. The molecule has 1 aromatic heterocycles. The lowest BCUT2D eigenvalue weighted by Crippen LogP contribution is -2.00.